The van der Waals surface area contributed by atoms with Gasteiger partial charge in [0.05, 0.1) is 10.5 Å². The Morgan fingerprint density at radius 1 is 1.10 bits per heavy atom. The molecule has 0 amide bonds. The van der Waals surface area contributed by atoms with Gasteiger partial charge in [0, 0.05) is 23.2 Å². The molecule has 152 valence electrons. The Morgan fingerprint density at radius 3 is 2.63 bits per heavy atom. The second-order valence-corrected chi connectivity index (χ2v) is 10.1. The lowest BCUT2D eigenvalue weighted by Gasteiger charge is -2.40. The van der Waals surface area contributed by atoms with Crippen molar-refractivity contribution in [2.45, 2.75) is 39.7 Å². The van der Waals surface area contributed by atoms with Crippen molar-refractivity contribution in [1.29, 1.82) is 0 Å². The fourth-order valence-corrected chi connectivity index (χ4v) is 5.59. The number of rotatable bonds is 1. The molecule has 3 aromatic rings. The van der Waals surface area contributed by atoms with Gasteiger partial charge in [-0.25, -0.2) is 0 Å². The molecule has 1 unspecified atom stereocenters. The van der Waals surface area contributed by atoms with Crippen LogP contribution in [0.4, 0.5) is 5.69 Å². The molecule has 0 aromatic heterocycles. The maximum atomic E-state index is 13.5. The Balaban J connectivity index is 1.80. The largest absolute Gasteiger partial charge is 0.506 e. The van der Waals surface area contributed by atoms with Gasteiger partial charge in [-0.2, -0.15) is 0 Å². The van der Waals surface area contributed by atoms with Crippen LogP contribution in [-0.2, 0) is 4.79 Å². The normalized spacial score (nSPS) is 20.0. The minimum Gasteiger partial charge on any atom is -0.506 e. The van der Waals surface area contributed by atoms with Gasteiger partial charge in [-0.05, 0) is 80.4 Å². The number of phenolic OH excluding ortho intramolecular Hbond substituents is 1. The van der Waals surface area contributed by atoms with Crippen molar-refractivity contribution in [2.75, 3.05) is 5.32 Å². The number of halogens is 1. The number of hydrogen-bond donors (Lipinski definition) is 2. The van der Waals surface area contributed by atoms with E-state index in [0.29, 0.717) is 10.9 Å². The Kier molecular flexibility index (Phi) is 4.33. The first-order chi connectivity index (χ1) is 14.2. The third-order valence-corrected chi connectivity index (χ3v) is 6.95. The van der Waals surface area contributed by atoms with Gasteiger partial charge in [0.15, 0.2) is 5.78 Å². The van der Waals surface area contributed by atoms with Crippen molar-refractivity contribution in [3.8, 4) is 5.75 Å². The third-order valence-electron chi connectivity index (χ3n) is 6.35. The first kappa shape index (κ1) is 19.4. The Hall–Kier alpha value is -2.59. The number of anilines is 1. The van der Waals surface area contributed by atoms with E-state index in [1.54, 1.807) is 0 Å². The molecular formula is C26H24BrNO2. The molecule has 1 aliphatic heterocycles. The van der Waals surface area contributed by atoms with Crippen LogP contribution in [0.2, 0.25) is 0 Å². The van der Waals surface area contributed by atoms with Crippen molar-refractivity contribution in [3.63, 3.8) is 0 Å². The van der Waals surface area contributed by atoms with Crippen molar-refractivity contribution in [3.05, 3.63) is 75.3 Å². The summed E-state index contributed by atoms with van der Waals surface area (Å²) < 4.78 is 0.648. The van der Waals surface area contributed by atoms with Crippen molar-refractivity contribution in [2.24, 2.45) is 5.41 Å². The Bertz CT molecular complexity index is 1230. The number of fused-ring (bicyclic) bond motifs is 4. The SMILES string of the molecule is Cc1cc(C2Nc3ccc4ccccc4c3C3=C2C(=O)CC(C)(C)C3)cc(Br)c1O. The summed E-state index contributed by atoms with van der Waals surface area (Å²) in [7, 11) is 0. The number of aryl methyl sites for hydroxylation is 1. The van der Waals surface area contributed by atoms with E-state index in [2.05, 4.69) is 71.5 Å². The Labute approximate surface area is 184 Å². The summed E-state index contributed by atoms with van der Waals surface area (Å²) in [5, 5.41) is 16.2. The summed E-state index contributed by atoms with van der Waals surface area (Å²) in [4.78, 5) is 13.5. The molecule has 2 aliphatic rings. The third kappa shape index (κ3) is 2.97. The zero-order valence-electron chi connectivity index (χ0n) is 17.3. The fraction of sp³-hybridized carbons (Fsp3) is 0.269. The molecule has 1 heterocycles. The molecule has 30 heavy (non-hydrogen) atoms. The quantitative estimate of drug-likeness (QED) is 0.413. The molecule has 5 rings (SSSR count). The summed E-state index contributed by atoms with van der Waals surface area (Å²) in [6.07, 6.45) is 1.41. The molecule has 0 radical (unpaired) electrons. The molecule has 3 nitrogen and oxygen atoms in total. The number of nitrogens with one attached hydrogen (secondary N) is 1. The Morgan fingerprint density at radius 2 is 1.87 bits per heavy atom. The monoisotopic (exact) mass is 461 g/mol. The minimum absolute atomic E-state index is 0.0719. The molecule has 0 saturated carbocycles. The molecule has 0 bridgehead atoms. The number of allylic oxidation sites excluding steroid dienone is 1. The maximum Gasteiger partial charge on any atom is 0.162 e. The van der Waals surface area contributed by atoms with Gasteiger partial charge < -0.3 is 10.4 Å². The first-order valence-electron chi connectivity index (χ1n) is 10.3. The first-order valence-corrected chi connectivity index (χ1v) is 11.1. The number of carbonyl (C=O) groups excluding carboxylic acids is 1. The van der Waals surface area contributed by atoms with Gasteiger partial charge in [0.25, 0.3) is 0 Å². The highest BCUT2D eigenvalue weighted by molar-refractivity contribution is 9.10. The number of aromatic hydroxyl groups is 1. The van der Waals surface area contributed by atoms with Gasteiger partial charge in [-0.3, -0.25) is 4.79 Å². The number of benzene rings is 3. The van der Waals surface area contributed by atoms with Crippen LogP contribution in [-0.4, -0.2) is 10.9 Å². The van der Waals surface area contributed by atoms with Crippen molar-refractivity contribution >= 4 is 43.7 Å². The average Bonchev–Trinajstić information content (AvgIpc) is 2.69. The highest BCUT2D eigenvalue weighted by atomic mass is 79.9. The van der Waals surface area contributed by atoms with E-state index in [0.717, 1.165) is 39.9 Å². The van der Waals surface area contributed by atoms with Gasteiger partial charge in [0.2, 0.25) is 0 Å². The van der Waals surface area contributed by atoms with E-state index in [1.165, 1.54) is 10.8 Å². The van der Waals surface area contributed by atoms with Gasteiger partial charge in [-0.1, -0.05) is 44.2 Å². The number of hydrogen-bond acceptors (Lipinski definition) is 3. The van der Waals surface area contributed by atoms with E-state index in [4.69, 9.17) is 0 Å². The molecule has 0 saturated heterocycles. The zero-order valence-corrected chi connectivity index (χ0v) is 18.9. The zero-order chi connectivity index (χ0) is 21.2. The number of ketones is 1. The van der Waals surface area contributed by atoms with Crippen LogP contribution in [0, 0.1) is 12.3 Å². The summed E-state index contributed by atoms with van der Waals surface area (Å²) >= 11 is 3.47. The van der Waals surface area contributed by atoms with Gasteiger partial charge in [0.1, 0.15) is 5.75 Å². The molecule has 1 aliphatic carbocycles. The van der Waals surface area contributed by atoms with Crippen molar-refractivity contribution < 1.29 is 9.90 Å². The molecule has 3 aromatic carbocycles. The van der Waals surface area contributed by atoms with Crippen LogP contribution in [0.1, 0.15) is 49.4 Å². The highest BCUT2D eigenvalue weighted by Gasteiger charge is 2.40. The van der Waals surface area contributed by atoms with Crippen LogP contribution < -0.4 is 5.32 Å². The van der Waals surface area contributed by atoms with Gasteiger partial charge >= 0.3 is 0 Å². The second kappa shape index (κ2) is 6.71. The minimum atomic E-state index is -0.229. The average molecular weight is 462 g/mol. The molecule has 2 N–H and O–H groups in total. The summed E-state index contributed by atoms with van der Waals surface area (Å²) in [6, 6.07) is 16.3. The molecule has 0 spiro atoms. The molecule has 0 fully saturated rings. The lowest BCUT2D eigenvalue weighted by molar-refractivity contribution is -0.118. The molecular weight excluding hydrogens is 438 g/mol. The topological polar surface area (TPSA) is 49.3 Å². The molecule has 4 heteroatoms. The number of carbonyl (C=O) groups is 1. The van der Waals surface area contributed by atoms with Crippen LogP contribution in [0.15, 0.2) is 58.6 Å². The van der Waals surface area contributed by atoms with E-state index < -0.39 is 0 Å². The van der Waals surface area contributed by atoms with E-state index in [1.807, 2.05) is 19.1 Å². The lowest BCUT2D eigenvalue weighted by Crippen LogP contribution is -2.33. The smallest absolute Gasteiger partial charge is 0.162 e. The predicted molar refractivity (Wildman–Crippen MR) is 126 cm³/mol. The van der Waals surface area contributed by atoms with E-state index >= 15 is 0 Å². The summed E-state index contributed by atoms with van der Waals surface area (Å²) in [5.74, 6) is 0.449. The van der Waals surface area contributed by atoms with E-state index in [9.17, 15) is 9.90 Å². The van der Waals surface area contributed by atoms with Crippen LogP contribution in [0.25, 0.3) is 16.3 Å². The fourth-order valence-electron chi connectivity index (χ4n) is 5.02. The maximum absolute atomic E-state index is 13.5. The number of phenols is 1. The highest BCUT2D eigenvalue weighted by Crippen LogP contribution is 2.52. The predicted octanol–water partition coefficient (Wildman–Crippen LogP) is 6.93. The standard InChI is InChI=1S/C26H24BrNO2/c1-14-10-16(11-19(27)25(14)30)24-23-18(12-26(2,3)13-21(23)29)22-17-7-5-4-6-15(17)8-9-20(22)28-24/h4-11,24,28,30H,12-13H2,1-3H3. The van der Waals surface area contributed by atoms with Crippen LogP contribution >= 0.6 is 15.9 Å². The van der Waals surface area contributed by atoms with Crippen LogP contribution in [0.5, 0.6) is 5.75 Å². The van der Waals surface area contributed by atoms with Crippen molar-refractivity contribution in [1.82, 2.24) is 0 Å². The molecule has 1 atom stereocenters. The van der Waals surface area contributed by atoms with Gasteiger partial charge in [-0.15, -0.1) is 0 Å². The number of Topliss-reactive ketones (excluding diaryl/α,β-unsaturated/α-hetero) is 1. The summed E-state index contributed by atoms with van der Waals surface area (Å²) in [5.41, 5.74) is 5.95. The summed E-state index contributed by atoms with van der Waals surface area (Å²) in [6.45, 7) is 6.24. The second-order valence-electron chi connectivity index (χ2n) is 9.29. The van der Waals surface area contributed by atoms with E-state index in [-0.39, 0.29) is 23.0 Å². The lowest BCUT2D eigenvalue weighted by atomic mass is 9.68. The van der Waals surface area contributed by atoms with Crippen LogP contribution in [0.3, 0.4) is 0 Å².